The van der Waals surface area contributed by atoms with Gasteiger partial charge in [0.15, 0.2) is 0 Å². The minimum Gasteiger partial charge on any atom is -0.478 e. The van der Waals surface area contributed by atoms with Crippen molar-refractivity contribution in [2.45, 2.75) is 46.7 Å². The maximum atomic E-state index is 12.5. The Morgan fingerprint density at radius 1 is 1.00 bits per heavy atom. The molecule has 1 N–H and O–H groups in total. The summed E-state index contributed by atoms with van der Waals surface area (Å²) in [5, 5.41) is 9.05. The molecular formula is C15H21NO3. The first-order valence-electron chi connectivity index (χ1n) is 6.41. The molecular weight excluding hydrogens is 242 g/mol. The second-order valence-electron chi connectivity index (χ2n) is 5.29. The quantitative estimate of drug-likeness (QED) is 0.908. The first kappa shape index (κ1) is 15.2. The summed E-state index contributed by atoms with van der Waals surface area (Å²) in [4.78, 5) is 25.3. The van der Waals surface area contributed by atoms with Crippen LogP contribution in [0.3, 0.4) is 0 Å². The minimum absolute atomic E-state index is 0.0706. The van der Waals surface area contributed by atoms with Gasteiger partial charge >= 0.3 is 5.97 Å². The lowest BCUT2D eigenvalue weighted by molar-refractivity contribution is 0.0643. The predicted octanol–water partition coefficient (Wildman–Crippen LogP) is 2.95. The van der Waals surface area contributed by atoms with Gasteiger partial charge in [-0.05, 0) is 58.4 Å². The first-order chi connectivity index (χ1) is 8.73. The van der Waals surface area contributed by atoms with Crippen LogP contribution in [-0.2, 0) is 0 Å². The smallest absolute Gasteiger partial charge is 0.335 e. The van der Waals surface area contributed by atoms with E-state index in [1.807, 2.05) is 27.7 Å². The van der Waals surface area contributed by atoms with Gasteiger partial charge in [0.25, 0.3) is 5.91 Å². The van der Waals surface area contributed by atoms with Crippen LogP contribution in [0.15, 0.2) is 18.2 Å². The Labute approximate surface area is 114 Å². The minimum atomic E-state index is -1.02. The van der Waals surface area contributed by atoms with Crippen LogP contribution < -0.4 is 0 Å². The molecule has 1 aromatic carbocycles. The second kappa shape index (κ2) is 5.87. The van der Waals surface area contributed by atoms with Crippen LogP contribution in [0, 0.1) is 6.92 Å². The fraction of sp³-hybridized carbons (Fsp3) is 0.467. The number of benzene rings is 1. The summed E-state index contributed by atoms with van der Waals surface area (Å²) >= 11 is 0. The van der Waals surface area contributed by atoms with Crippen LogP contribution in [0.2, 0.25) is 0 Å². The zero-order valence-electron chi connectivity index (χ0n) is 12.1. The number of aromatic carboxylic acids is 1. The van der Waals surface area contributed by atoms with Crippen molar-refractivity contribution in [3.63, 3.8) is 0 Å². The number of hydrogen-bond acceptors (Lipinski definition) is 2. The average molecular weight is 263 g/mol. The third kappa shape index (κ3) is 3.56. The van der Waals surface area contributed by atoms with E-state index in [2.05, 4.69) is 0 Å². The molecule has 0 spiro atoms. The van der Waals surface area contributed by atoms with E-state index in [0.717, 1.165) is 5.56 Å². The van der Waals surface area contributed by atoms with Crippen molar-refractivity contribution in [2.75, 3.05) is 0 Å². The van der Waals surface area contributed by atoms with Crippen LogP contribution in [0.5, 0.6) is 0 Å². The Kier molecular flexibility index (Phi) is 4.70. The third-order valence-corrected chi connectivity index (χ3v) is 2.92. The monoisotopic (exact) mass is 263 g/mol. The first-order valence-corrected chi connectivity index (χ1v) is 6.41. The van der Waals surface area contributed by atoms with E-state index in [1.54, 1.807) is 24.0 Å². The number of carboxylic acids is 1. The van der Waals surface area contributed by atoms with Gasteiger partial charge in [-0.15, -0.1) is 0 Å². The molecule has 0 aliphatic carbocycles. The molecule has 0 aliphatic rings. The summed E-state index contributed by atoms with van der Waals surface area (Å²) in [5.41, 5.74) is 1.35. The van der Waals surface area contributed by atoms with Crippen molar-refractivity contribution in [1.29, 1.82) is 0 Å². The number of hydrogen-bond donors (Lipinski definition) is 1. The Hall–Kier alpha value is -1.84. The SMILES string of the molecule is Cc1cc(C(=O)O)cc(C(=O)N(C(C)C)C(C)C)c1. The van der Waals surface area contributed by atoms with E-state index >= 15 is 0 Å². The predicted molar refractivity (Wildman–Crippen MR) is 74.6 cm³/mol. The van der Waals surface area contributed by atoms with Gasteiger partial charge in [0.2, 0.25) is 0 Å². The summed E-state index contributed by atoms with van der Waals surface area (Å²) in [5.74, 6) is -1.14. The number of carbonyl (C=O) groups is 2. The largest absolute Gasteiger partial charge is 0.478 e. The Balaban J connectivity index is 3.21. The van der Waals surface area contributed by atoms with Crippen LogP contribution in [-0.4, -0.2) is 34.0 Å². The van der Waals surface area contributed by atoms with Gasteiger partial charge in [0, 0.05) is 17.6 Å². The molecule has 0 fully saturated rings. The van der Waals surface area contributed by atoms with Crippen LogP contribution in [0.25, 0.3) is 0 Å². The fourth-order valence-corrected chi connectivity index (χ4v) is 2.24. The van der Waals surface area contributed by atoms with E-state index in [0.29, 0.717) is 5.56 Å². The zero-order chi connectivity index (χ0) is 14.7. The second-order valence-corrected chi connectivity index (χ2v) is 5.29. The molecule has 0 unspecified atom stereocenters. The number of rotatable bonds is 4. The van der Waals surface area contributed by atoms with E-state index in [4.69, 9.17) is 5.11 Å². The number of carboxylic acid groups (broad SMARTS) is 1. The lowest BCUT2D eigenvalue weighted by Gasteiger charge is -2.31. The molecule has 0 bridgehead atoms. The number of carbonyl (C=O) groups excluding carboxylic acids is 1. The molecule has 4 heteroatoms. The third-order valence-electron chi connectivity index (χ3n) is 2.92. The van der Waals surface area contributed by atoms with Crippen molar-refractivity contribution >= 4 is 11.9 Å². The van der Waals surface area contributed by atoms with E-state index < -0.39 is 5.97 Å². The van der Waals surface area contributed by atoms with E-state index in [9.17, 15) is 9.59 Å². The average Bonchev–Trinajstić information content (AvgIpc) is 2.26. The van der Waals surface area contributed by atoms with E-state index in [1.165, 1.54) is 6.07 Å². The number of aryl methyl sites for hydroxylation is 1. The summed E-state index contributed by atoms with van der Waals surface area (Å²) < 4.78 is 0. The van der Waals surface area contributed by atoms with Crippen LogP contribution in [0.1, 0.15) is 54.0 Å². The van der Waals surface area contributed by atoms with Crippen molar-refractivity contribution in [2.24, 2.45) is 0 Å². The molecule has 0 saturated heterocycles. The highest BCUT2D eigenvalue weighted by Crippen LogP contribution is 2.16. The zero-order valence-corrected chi connectivity index (χ0v) is 12.1. The van der Waals surface area contributed by atoms with Gasteiger partial charge in [0.1, 0.15) is 0 Å². The lowest BCUT2D eigenvalue weighted by atomic mass is 10.0. The van der Waals surface area contributed by atoms with Gasteiger partial charge in [-0.2, -0.15) is 0 Å². The highest BCUT2D eigenvalue weighted by molar-refractivity contribution is 5.98. The van der Waals surface area contributed by atoms with Crippen molar-refractivity contribution in [3.8, 4) is 0 Å². The van der Waals surface area contributed by atoms with Crippen LogP contribution >= 0.6 is 0 Å². The topological polar surface area (TPSA) is 57.6 Å². The Morgan fingerprint density at radius 3 is 1.89 bits per heavy atom. The molecule has 1 amide bonds. The van der Waals surface area contributed by atoms with Crippen molar-refractivity contribution in [3.05, 3.63) is 34.9 Å². The molecule has 0 atom stereocenters. The molecule has 0 heterocycles. The van der Waals surface area contributed by atoms with Gasteiger partial charge in [-0.25, -0.2) is 4.79 Å². The van der Waals surface area contributed by atoms with Gasteiger partial charge in [-0.3, -0.25) is 4.79 Å². The number of amides is 1. The van der Waals surface area contributed by atoms with Crippen LogP contribution in [0.4, 0.5) is 0 Å². The molecule has 0 radical (unpaired) electrons. The van der Waals surface area contributed by atoms with Gasteiger partial charge in [-0.1, -0.05) is 0 Å². The highest BCUT2D eigenvalue weighted by Gasteiger charge is 2.22. The fourth-order valence-electron chi connectivity index (χ4n) is 2.24. The molecule has 0 aliphatic heterocycles. The summed E-state index contributed by atoms with van der Waals surface area (Å²) in [6, 6.07) is 4.87. The normalized spacial score (nSPS) is 10.9. The molecule has 1 aromatic rings. The summed E-state index contributed by atoms with van der Waals surface area (Å²) in [6.45, 7) is 9.59. The molecule has 4 nitrogen and oxygen atoms in total. The Morgan fingerprint density at radius 2 is 1.47 bits per heavy atom. The Bertz CT molecular complexity index is 484. The molecule has 19 heavy (non-hydrogen) atoms. The van der Waals surface area contributed by atoms with E-state index in [-0.39, 0.29) is 23.6 Å². The van der Waals surface area contributed by atoms with Crippen molar-refractivity contribution < 1.29 is 14.7 Å². The number of nitrogens with zero attached hydrogens (tertiary/aromatic N) is 1. The van der Waals surface area contributed by atoms with Gasteiger partial charge < -0.3 is 10.0 Å². The molecule has 0 saturated carbocycles. The highest BCUT2D eigenvalue weighted by atomic mass is 16.4. The summed E-state index contributed by atoms with van der Waals surface area (Å²) in [6.07, 6.45) is 0. The van der Waals surface area contributed by atoms with Crippen molar-refractivity contribution in [1.82, 2.24) is 4.90 Å². The molecule has 0 aromatic heterocycles. The molecule has 1 rings (SSSR count). The summed E-state index contributed by atoms with van der Waals surface area (Å²) in [7, 11) is 0. The maximum absolute atomic E-state index is 12.5. The van der Waals surface area contributed by atoms with Gasteiger partial charge in [0.05, 0.1) is 5.56 Å². The molecule has 104 valence electrons. The maximum Gasteiger partial charge on any atom is 0.335 e. The standard InChI is InChI=1S/C15H21NO3/c1-9(2)16(10(3)4)14(17)12-6-11(5)7-13(8-12)15(18)19/h6-10H,1-5H3,(H,18,19). The lowest BCUT2D eigenvalue weighted by Crippen LogP contribution is -2.42.